The Morgan fingerprint density at radius 3 is 2.57 bits per heavy atom. The van der Waals surface area contributed by atoms with E-state index in [9.17, 15) is 4.79 Å². The van der Waals surface area contributed by atoms with Crippen molar-refractivity contribution in [3.8, 4) is 11.5 Å². The number of ether oxygens (including phenoxy) is 2. The highest BCUT2D eigenvalue weighted by atomic mass is 16.5. The van der Waals surface area contributed by atoms with Crippen molar-refractivity contribution in [1.29, 1.82) is 0 Å². The molecule has 2 atom stereocenters. The fraction of sp³-hybridized carbons (Fsp3) is 0.333. The molecule has 0 bridgehead atoms. The van der Waals surface area contributed by atoms with Crippen molar-refractivity contribution in [3.63, 3.8) is 0 Å². The van der Waals surface area contributed by atoms with E-state index in [0.717, 1.165) is 34.7 Å². The standard InChI is InChI=1S/C24H27N3O3/c1-15-5-8-20(13-16(15)2)30-17(3)24(28)27-12-11-21-22(26-14-25-21)23(27)18-6-9-19(29-4)10-7-18/h5-10,13-14,17,23H,11-12H2,1-4H3,(H,25,26)/t17-,23-/m1/s1. The molecule has 0 radical (unpaired) electrons. The average Bonchev–Trinajstić information content (AvgIpc) is 3.24. The highest BCUT2D eigenvalue weighted by molar-refractivity contribution is 5.82. The van der Waals surface area contributed by atoms with Gasteiger partial charge in [-0.05, 0) is 61.7 Å². The molecule has 0 fully saturated rings. The number of H-pyrrole nitrogens is 1. The first-order valence-electron chi connectivity index (χ1n) is 10.2. The Morgan fingerprint density at radius 1 is 1.13 bits per heavy atom. The maximum Gasteiger partial charge on any atom is 0.264 e. The van der Waals surface area contributed by atoms with Crippen LogP contribution in [0.2, 0.25) is 0 Å². The van der Waals surface area contributed by atoms with Crippen molar-refractivity contribution in [1.82, 2.24) is 14.9 Å². The van der Waals surface area contributed by atoms with Crippen molar-refractivity contribution in [2.24, 2.45) is 0 Å². The molecular formula is C24H27N3O3. The lowest BCUT2D eigenvalue weighted by atomic mass is 9.95. The summed E-state index contributed by atoms with van der Waals surface area (Å²) in [5.41, 5.74) is 5.29. The topological polar surface area (TPSA) is 67.5 Å². The molecule has 6 heteroatoms. The average molecular weight is 405 g/mol. The smallest absolute Gasteiger partial charge is 0.264 e. The van der Waals surface area contributed by atoms with Crippen molar-refractivity contribution < 1.29 is 14.3 Å². The quantitative estimate of drug-likeness (QED) is 0.697. The summed E-state index contributed by atoms with van der Waals surface area (Å²) in [5.74, 6) is 1.43. The molecule has 0 aliphatic carbocycles. The van der Waals surface area contributed by atoms with Crippen LogP contribution in [0.3, 0.4) is 0 Å². The minimum Gasteiger partial charge on any atom is -0.497 e. The number of aromatic nitrogens is 2. The van der Waals surface area contributed by atoms with Gasteiger partial charge in [0.2, 0.25) is 0 Å². The zero-order valence-electron chi connectivity index (χ0n) is 17.8. The molecule has 1 amide bonds. The van der Waals surface area contributed by atoms with E-state index in [1.165, 1.54) is 5.56 Å². The van der Waals surface area contributed by atoms with Gasteiger partial charge in [0.25, 0.3) is 5.91 Å². The number of rotatable bonds is 5. The van der Waals surface area contributed by atoms with Crippen LogP contribution < -0.4 is 9.47 Å². The summed E-state index contributed by atoms with van der Waals surface area (Å²) in [6.45, 7) is 6.51. The van der Waals surface area contributed by atoms with Crippen LogP contribution in [0.1, 0.15) is 41.0 Å². The summed E-state index contributed by atoms with van der Waals surface area (Å²) in [6.07, 6.45) is 1.84. The largest absolute Gasteiger partial charge is 0.497 e. The van der Waals surface area contributed by atoms with Crippen LogP contribution in [0.15, 0.2) is 48.8 Å². The minimum absolute atomic E-state index is 0.0531. The van der Waals surface area contributed by atoms with E-state index >= 15 is 0 Å². The van der Waals surface area contributed by atoms with Crippen LogP contribution in [0, 0.1) is 13.8 Å². The zero-order valence-corrected chi connectivity index (χ0v) is 17.8. The predicted octanol–water partition coefficient (Wildman–Crippen LogP) is 3.98. The molecule has 0 spiro atoms. The number of aryl methyl sites for hydroxylation is 2. The first-order valence-corrected chi connectivity index (χ1v) is 10.2. The van der Waals surface area contributed by atoms with Crippen LogP contribution in [0.4, 0.5) is 0 Å². The monoisotopic (exact) mass is 405 g/mol. The Bertz CT molecular complexity index is 1040. The molecule has 3 aromatic rings. The van der Waals surface area contributed by atoms with Gasteiger partial charge < -0.3 is 19.4 Å². The van der Waals surface area contributed by atoms with E-state index in [1.807, 2.05) is 61.2 Å². The second-order valence-corrected chi connectivity index (χ2v) is 7.73. The fourth-order valence-electron chi connectivity index (χ4n) is 3.91. The number of carbonyl (C=O) groups excluding carboxylic acids is 1. The van der Waals surface area contributed by atoms with Crippen molar-refractivity contribution in [3.05, 3.63) is 76.9 Å². The van der Waals surface area contributed by atoms with Crippen LogP contribution in [0.25, 0.3) is 0 Å². The van der Waals surface area contributed by atoms with E-state index < -0.39 is 6.10 Å². The highest BCUT2D eigenvalue weighted by Crippen LogP contribution is 2.34. The van der Waals surface area contributed by atoms with Crippen LogP contribution in [-0.4, -0.2) is 40.5 Å². The van der Waals surface area contributed by atoms with Gasteiger partial charge >= 0.3 is 0 Å². The number of aromatic amines is 1. The first kappa shape index (κ1) is 20.0. The number of hydrogen-bond acceptors (Lipinski definition) is 4. The van der Waals surface area contributed by atoms with Gasteiger partial charge in [-0.15, -0.1) is 0 Å². The highest BCUT2D eigenvalue weighted by Gasteiger charge is 2.36. The molecule has 1 aliphatic rings. The Kier molecular flexibility index (Phi) is 5.48. The third-order valence-electron chi connectivity index (χ3n) is 5.78. The lowest BCUT2D eigenvalue weighted by molar-refractivity contribution is -0.140. The normalized spacial score (nSPS) is 16.7. The van der Waals surface area contributed by atoms with Crippen LogP contribution >= 0.6 is 0 Å². The second kappa shape index (κ2) is 8.22. The number of hydrogen-bond donors (Lipinski definition) is 1. The van der Waals surface area contributed by atoms with Gasteiger partial charge in [-0.3, -0.25) is 4.79 Å². The minimum atomic E-state index is -0.603. The van der Waals surface area contributed by atoms with Gasteiger partial charge in [-0.1, -0.05) is 18.2 Å². The van der Waals surface area contributed by atoms with Gasteiger partial charge in [0.15, 0.2) is 6.10 Å². The van der Waals surface area contributed by atoms with E-state index in [2.05, 4.69) is 16.9 Å². The van der Waals surface area contributed by atoms with Gasteiger partial charge in [0.1, 0.15) is 17.5 Å². The molecule has 0 saturated carbocycles. The fourth-order valence-corrected chi connectivity index (χ4v) is 3.91. The third kappa shape index (κ3) is 3.77. The van der Waals surface area contributed by atoms with E-state index in [4.69, 9.17) is 9.47 Å². The third-order valence-corrected chi connectivity index (χ3v) is 5.78. The number of methoxy groups -OCH3 is 1. The molecule has 1 aromatic heterocycles. The number of imidazole rings is 1. The molecule has 30 heavy (non-hydrogen) atoms. The number of benzene rings is 2. The van der Waals surface area contributed by atoms with E-state index in [0.29, 0.717) is 12.3 Å². The molecular weight excluding hydrogens is 378 g/mol. The zero-order chi connectivity index (χ0) is 21.3. The lowest BCUT2D eigenvalue weighted by Gasteiger charge is -2.36. The Balaban J connectivity index is 1.61. The number of amides is 1. The first-order chi connectivity index (χ1) is 14.5. The van der Waals surface area contributed by atoms with Gasteiger partial charge in [-0.2, -0.15) is 0 Å². The van der Waals surface area contributed by atoms with Gasteiger partial charge in [0, 0.05) is 18.7 Å². The predicted molar refractivity (Wildman–Crippen MR) is 115 cm³/mol. The van der Waals surface area contributed by atoms with E-state index in [1.54, 1.807) is 13.4 Å². The Morgan fingerprint density at radius 2 is 1.87 bits per heavy atom. The molecule has 0 unspecified atom stereocenters. The molecule has 0 saturated heterocycles. The Hall–Kier alpha value is -3.28. The summed E-state index contributed by atoms with van der Waals surface area (Å²) in [7, 11) is 1.64. The molecule has 1 aliphatic heterocycles. The number of fused-ring (bicyclic) bond motifs is 1. The molecule has 6 nitrogen and oxygen atoms in total. The summed E-state index contributed by atoms with van der Waals surface area (Å²) in [4.78, 5) is 23.1. The van der Waals surface area contributed by atoms with E-state index in [-0.39, 0.29) is 11.9 Å². The SMILES string of the molecule is COc1ccc([C@@H]2c3nc[nH]c3CCN2C(=O)[C@@H](C)Oc2ccc(C)c(C)c2)cc1. The number of nitrogens with zero attached hydrogens (tertiary/aromatic N) is 2. The summed E-state index contributed by atoms with van der Waals surface area (Å²) in [6, 6.07) is 13.4. The summed E-state index contributed by atoms with van der Waals surface area (Å²) in [5, 5.41) is 0. The van der Waals surface area contributed by atoms with Gasteiger partial charge in [-0.25, -0.2) is 4.98 Å². The molecule has 156 valence electrons. The number of nitrogens with one attached hydrogen (secondary N) is 1. The Labute approximate surface area is 176 Å². The maximum atomic E-state index is 13.4. The van der Waals surface area contributed by atoms with Crippen molar-refractivity contribution >= 4 is 5.91 Å². The lowest BCUT2D eigenvalue weighted by Crippen LogP contribution is -2.46. The number of carbonyl (C=O) groups is 1. The maximum absolute atomic E-state index is 13.4. The van der Waals surface area contributed by atoms with Crippen molar-refractivity contribution in [2.45, 2.75) is 39.3 Å². The molecule has 4 rings (SSSR count). The molecule has 2 heterocycles. The summed E-state index contributed by atoms with van der Waals surface area (Å²) >= 11 is 0. The van der Waals surface area contributed by atoms with Crippen LogP contribution in [-0.2, 0) is 11.2 Å². The molecule has 1 N–H and O–H groups in total. The molecule has 2 aromatic carbocycles. The van der Waals surface area contributed by atoms with Crippen LogP contribution in [0.5, 0.6) is 11.5 Å². The van der Waals surface area contributed by atoms with Gasteiger partial charge in [0.05, 0.1) is 19.1 Å². The summed E-state index contributed by atoms with van der Waals surface area (Å²) < 4.78 is 11.3. The van der Waals surface area contributed by atoms with Crippen molar-refractivity contribution in [2.75, 3.05) is 13.7 Å². The second-order valence-electron chi connectivity index (χ2n) is 7.73.